The molecule has 0 aromatic carbocycles. The maximum absolute atomic E-state index is 13.0. The molecule has 2 saturated heterocycles. The lowest BCUT2D eigenvalue weighted by molar-refractivity contribution is 0.0740. The minimum absolute atomic E-state index is 0.00520. The Balaban J connectivity index is 1.43. The van der Waals surface area contributed by atoms with E-state index in [1.54, 1.807) is 6.20 Å². The van der Waals surface area contributed by atoms with Gasteiger partial charge in [-0.15, -0.1) is 0 Å². The Bertz CT molecular complexity index is 790. The van der Waals surface area contributed by atoms with E-state index in [0.717, 1.165) is 37.7 Å². The molecule has 2 aromatic heterocycles. The summed E-state index contributed by atoms with van der Waals surface area (Å²) in [4.78, 5) is 32.6. The predicted octanol–water partition coefficient (Wildman–Crippen LogP) is 2.60. The summed E-state index contributed by atoms with van der Waals surface area (Å²) >= 11 is 0. The lowest BCUT2D eigenvalue weighted by Crippen LogP contribution is -2.49. The van der Waals surface area contributed by atoms with Crippen LogP contribution in [0.5, 0.6) is 0 Å². The number of rotatable bonds is 4. The van der Waals surface area contributed by atoms with Crippen LogP contribution in [0.2, 0.25) is 0 Å². The van der Waals surface area contributed by atoms with Crippen LogP contribution in [0.15, 0.2) is 36.8 Å². The molecule has 2 aliphatic heterocycles. The van der Waals surface area contributed by atoms with Gasteiger partial charge in [0.2, 0.25) is 0 Å². The number of piperazine rings is 1. The van der Waals surface area contributed by atoms with Crippen molar-refractivity contribution in [3.63, 3.8) is 0 Å². The molecule has 7 heteroatoms. The normalized spacial score (nSPS) is 20.3. The van der Waals surface area contributed by atoms with E-state index in [9.17, 15) is 4.79 Å². The molecule has 1 atom stereocenters. The summed E-state index contributed by atoms with van der Waals surface area (Å²) in [7, 11) is 0. The van der Waals surface area contributed by atoms with E-state index in [0.29, 0.717) is 24.8 Å². The monoisotopic (exact) mass is 380 g/mol. The van der Waals surface area contributed by atoms with Gasteiger partial charge < -0.3 is 14.7 Å². The minimum Gasteiger partial charge on any atom is -0.354 e. The lowest BCUT2D eigenvalue weighted by atomic mass is 10.00. The van der Waals surface area contributed by atoms with E-state index in [4.69, 9.17) is 0 Å². The second kappa shape index (κ2) is 8.54. The van der Waals surface area contributed by atoms with Crippen LogP contribution >= 0.6 is 0 Å². The van der Waals surface area contributed by atoms with Crippen molar-refractivity contribution in [3.05, 3.63) is 42.5 Å². The van der Waals surface area contributed by atoms with Crippen molar-refractivity contribution in [2.75, 3.05) is 42.5 Å². The second-order valence-corrected chi connectivity index (χ2v) is 7.48. The topological polar surface area (TPSA) is 65.5 Å². The summed E-state index contributed by atoms with van der Waals surface area (Å²) in [6, 6.07) is 8.31. The number of carbonyl (C=O) groups excluding carboxylic acids is 1. The molecule has 0 radical (unpaired) electrons. The number of hydrogen-bond donors (Lipinski definition) is 0. The molecule has 0 aliphatic carbocycles. The molecule has 148 valence electrons. The summed E-state index contributed by atoms with van der Waals surface area (Å²) in [6.45, 7) is 6.14. The van der Waals surface area contributed by atoms with Gasteiger partial charge in [-0.25, -0.2) is 15.0 Å². The highest BCUT2D eigenvalue weighted by Crippen LogP contribution is 2.25. The van der Waals surface area contributed by atoms with Gasteiger partial charge in [0.25, 0.3) is 5.91 Å². The van der Waals surface area contributed by atoms with Crippen LogP contribution in [-0.2, 0) is 0 Å². The van der Waals surface area contributed by atoms with Crippen LogP contribution < -0.4 is 9.80 Å². The molecule has 4 rings (SSSR count). The minimum atomic E-state index is -0.00520. The highest BCUT2D eigenvalue weighted by Gasteiger charge is 2.26. The smallest absolute Gasteiger partial charge is 0.272 e. The molecular weight excluding hydrogens is 352 g/mol. The molecule has 0 spiro atoms. The number of anilines is 2. The zero-order chi connectivity index (χ0) is 19.3. The third-order valence-electron chi connectivity index (χ3n) is 5.80. The van der Waals surface area contributed by atoms with Crippen molar-refractivity contribution in [2.45, 2.75) is 38.6 Å². The van der Waals surface area contributed by atoms with Crippen LogP contribution in [0.3, 0.4) is 0 Å². The van der Waals surface area contributed by atoms with Gasteiger partial charge in [0.1, 0.15) is 23.7 Å². The Morgan fingerprint density at radius 2 is 1.89 bits per heavy atom. The van der Waals surface area contributed by atoms with Gasteiger partial charge in [0, 0.05) is 51.0 Å². The van der Waals surface area contributed by atoms with Crippen LogP contribution in [0.1, 0.15) is 43.1 Å². The molecule has 0 saturated carbocycles. The fourth-order valence-electron chi connectivity index (χ4n) is 4.19. The van der Waals surface area contributed by atoms with Crippen LogP contribution in [0.4, 0.5) is 11.6 Å². The van der Waals surface area contributed by atoms with Crippen molar-refractivity contribution in [1.29, 1.82) is 0 Å². The van der Waals surface area contributed by atoms with E-state index in [2.05, 4.69) is 31.7 Å². The quantitative estimate of drug-likeness (QED) is 0.812. The summed E-state index contributed by atoms with van der Waals surface area (Å²) in [5.41, 5.74) is 0.497. The lowest BCUT2D eigenvalue weighted by Gasteiger charge is -2.37. The summed E-state index contributed by atoms with van der Waals surface area (Å²) in [5, 5.41) is 0. The van der Waals surface area contributed by atoms with Gasteiger partial charge in [0.15, 0.2) is 0 Å². The fraction of sp³-hybridized carbons (Fsp3) is 0.524. The zero-order valence-electron chi connectivity index (χ0n) is 16.5. The molecule has 1 amide bonds. The van der Waals surface area contributed by atoms with Gasteiger partial charge >= 0.3 is 0 Å². The number of aromatic nitrogens is 3. The Hall–Kier alpha value is -2.70. The maximum Gasteiger partial charge on any atom is 0.272 e. The molecule has 4 heterocycles. The molecule has 0 N–H and O–H groups in total. The SMILES string of the molecule is CCC1CCCCN1c1cc(C(=O)N2CCN(c3ccccn3)CC2)ncn1. The molecular formula is C21H28N6O. The maximum atomic E-state index is 13.0. The van der Waals surface area contributed by atoms with Crippen molar-refractivity contribution in [3.8, 4) is 0 Å². The van der Waals surface area contributed by atoms with Crippen molar-refractivity contribution in [1.82, 2.24) is 19.9 Å². The molecule has 1 unspecified atom stereocenters. The fourth-order valence-corrected chi connectivity index (χ4v) is 4.19. The van der Waals surface area contributed by atoms with E-state index in [1.807, 2.05) is 29.2 Å². The van der Waals surface area contributed by atoms with Gasteiger partial charge in [-0.05, 0) is 37.8 Å². The predicted molar refractivity (Wildman–Crippen MR) is 110 cm³/mol. The third kappa shape index (κ3) is 3.93. The Kier molecular flexibility index (Phi) is 5.69. The first-order chi connectivity index (χ1) is 13.8. The standard InChI is InChI=1S/C21H28N6O/c1-2-17-7-4-6-10-27(17)20-15-18(23-16-24-20)21(28)26-13-11-25(12-14-26)19-8-3-5-9-22-19/h3,5,8-9,15-17H,2,4,6-7,10-14H2,1H3. The van der Waals surface area contributed by atoms with Gasteiger partial charge in [-0.1, -0.05) is 13.0 Å². The number of hydrogen-bond acceptors (Lipinski definition) is 6. The molecule has 0 bridgehead atoms. The van der Waals surface area contributed by atoms with Gasteiger partial charge in [-0.3, -0.25) is 4.79 Å². The molecule has 2 aliphatic rings. The van der Waals surface area contributed by atoms with Crippen molar-refractivity contribution >= 4 is 17.5 Å². The number of pyridine rings is 1. The van der Waals surface area contributed by atoms with Gasteiger partial charge in [-0.2, -0.15) is 0 Å². The Morgan fingerprint density at radius 3 is 2.64 bits per heavy atom. The number of amides is 1. The van der Waals surface area contributed by atoms with Crippen LogP contribution in [-0.4, -0.2) is 64.5 Å². The average Bonchev–Trinajstić information content (AvgIpc) is 2.79. The first-order valence-corrected chi connectivity index (χ1v) is 10.3. The largest absolute Gasteiger partial charge is 0.354 e. The highest BCUT2D eigenvalue weighted by atomic mass is 16.2. The van der Waals surface area contributed by atoms with E-state index < -0.39 is 0 Å². The first-order valence-electron chi connectivity index (χ1n) is 10.3. The van der Waals surface area contributed by atoms with E-state index in [1.165, 1.54) is 25.6 Å². The summed E-state index contributed by atoms with van der Waals surface area (Å²) < 4.78 is 0. The van der Waals surface area contributed by atoms with Crippen molar-refractivity contribution in [2.24, 2.45) is 0 Å². The number of carbonyl (C=O) groups is 1. The number of piperidine rings is 1. The van der Waals surface area contributed by atoms with E-state index in [-0.39, 0.29) is 5.91 Å². The molecule has 7 nitrogen and oxygen atoms in total. The molecule has 2 fully saturated rings. The Morgan fingerprint density at radius 1 is 1.04 bits per heavy atom. The molecule has 2 aromatic rings. The summed E-state index contributed by atoms with van der Waals surface area (Å²) in [5.74, 6) is 1.85. The summed E-state index contributed by atoms with van der Waals surface area (Å²) in [6.07, 6.45) is 8.08. The van der Waals surface area contributed by atoms with Crippen LogP contribution in [0.25, 0.3) is 0 Å². The first kappa shape index (κ1) is 18.7. The van der Waals surface area contributed by atoms with Crippen LogP contribution in [0, 0.1) is 0 Å². The average molecular weight is 380 g/mol. The van der Waals surface area contributed by atoms with Gasteiger partial charge in [0.05, 0.1) is 0 Å². The zero-order valence-corrected chi connectivity index (χ0v) is 16.5. The molecule has 28 heavy (non-hydrogen) atoms. The van der Waals surface area contributed by atoms with E-state index >= 15 is 0 Å². The van der Waals surface area contributed by atoms with Crippen molar-refractivity contribution < 1.29 is 4.79 Å². The Labute approximate surface area is 166 Å². The highest BCUT2D eigenvalue weighted by molar-refractivity contribution is 5.93. The third-order valence-corrected chi connectivity index (χ3v) is 5.80. The second-order valence-electron chi connectivity index (χ2n) is 7.48. The number of nitrogens with zero attached hydrogens (tertiary/aromatic N) is 6.